The molecule has 0 unspecified atom stereocenters. The molecule has 0 aliphatic rings. The van der Waals surface area contributed by atoms with Crippen molar-refractivity contribution >= 4 is 23.3 Å². The molecule has 1 aromatic heterocycles. The van der Waals surface area contributed by atoms with Gasteiger partial charge in [0.2, 0.25) is 5.91 Å². The Balaban J connectivity index is 2.17. The molecule has 0 fully saturated rings. The van der Waals surface area contributed by atoms with E-state index in [2.05, 4.69) is 17.0 Å². The average molecular weight is 262 g/mol. The number of rotatable bonds is 4. The molecule has 1 heterocycles. The number of amides is 1. The van der Waals surface area contributed by atoms with Crippen molar-refractivity contribution in [1.82, 2.24) is 9.78 Å². The van der Waals surface area contributed by atoms with E-state index in [1.807, 2.05) is 24.3 Å². The van der Waals surface area contributed by atoms with Gasteiger partial charge in [-0.25, -0.2) is 4.68 Å². The van der Waals surface area contributed by atoms with Crippen LogP contribution in [0.25, 0.3) is 0 Å². The molecule has 1 aromatic carbocycles. The third-order valence-electron chi connectivity index (χ3n) is 2.37. The number of halogens is 1. The number of benzene rings is 1. The molecular weight excluding hydrogens is 250 g/mol. The molecule has 92 valence electrons. The minimum Gasteiger partial charge on any atom is -0.307 e. The standard InChI is InChI=1S/C13H12ClN3O/c1-2-13(18)16-12-6-7-15-17(12)9-10-4-3-5-11(14)8-10/h2-8H,1,9H2,(H,16,18). The number of carbonyl (C=O) groups is 1. The average Bonchev–Trinajstić information content (AvgIpc) is 2.76. The molecule has 1 amide bonds. The smallest absolute Gasteiger partial charge is 0.248 e. The van der Waals surface area contributed by atoms with E-state index in [1.54, 1.807) is 16.9 Å². The Morgan fingerprint density at radius 2 is 2.33 bits per heavy atom. The second-order valence-electron chi connectivity index (χ2n) is 3.70. The minimum atomic E-state index is -0.261. The van der Waals surface area contributed by atoms with Gasteiger partial charge >= 0.3 is 0 Å². The second-order valence-corrected chi connectivity index (χ2v) is 4.13. The van der Waals surface area contributed by atoms with Gasteiger partial charge in [0.25, 0.3) is 0 Å². The van der Waals surface area contributed by atoms with E-state index in [-0.39, 0.29) is 5.91 Å². The number of nitrogens with zero attached hydrogens (tertiary/aromatic N) is 2. The van der Waals surface area contributed by atoms with Crippen molar-refractivity contribution in [2.75, 3.05) is 5.32 Å². The summed E-state index contributed by atoms with van der Waals surface area (Å²) in [7, 11) is 0. The summed E-state index contributed by atoms with van der Waals surface area (Å²) in [6.45, 7) is 3.95. The summed E-state index contributed by atoms with van der Waals surface area (Å²) >= 11 is 5.92. The topological polar surface area (TPSA) is 46.9 Å². The maximum absolute atomic E-state index is 11.2. The summed E-state index contributed by atoms with van der Waals surface area (Å²) in [5.41, 5.74) is 1.01. The van der Waals surface area contributed by atoms with Gasteiger partial charge in [0.1, 0.15) is 5.82 Å². The fraction of sp³-hybridized carbons (Fsp3) is 0.0769. The molecule has 0 saturated carbocycles. The third kappa shape index (κ3) is 2.99. The lowest BCUT2D eigenvalue weighted by molar-refractivity contribution is -0.111. The van der Waals surface area contributed by atoms with Gasteiger partial charge in [0.05, 0.1) is 12.7 Å². The quantitative estimate of drug-likeness (QED) is 0.861. The van der Waals surface area contributed by atoms with Gasteiger partial charge in [-0.3, -0.25) is 4.79 Å². The van der Waals surface area contributed by atoms with E-state index >= 15 is 0 Å². The van der Waals surface area contributed by atoms with Crippen molar-refractivity contribution in [1.29, 1.82) is 0 Å². The molecule has 2 rings (SSSR count). The fourth-order valence-corrected chi connectivity index (χ4v) is 1.76. The Kier molecular flexibility index (Phi) is 3.79. The zero-order valence-electron chi connectivity index (χ0n) is 9.64. The summed E-state index contributed by atoms with van der Waals surface area (Å²) in [5.74, 6) is 0.364. The zero-order valence-corrected chi connectivity index (χ0v) is 10.4. The Morgan fingerprint density at radius 1 is 1.50 bits per heavy atom. The largest absolute Gasteiger partial charge is 0.307 e. The number of carbonyl (C=O) groups excluding carboxylic acids is 1. The molecule has 0 aliphatic carbocycles. The maximum atomic E-state index is 11.2. The number of aromatic nitrogens is 2. The molecule has 0 spiro atoms. The lowest BCUT2D eigenvalue weighted by Gasteiger charge is -2.08. The lowest BCUT2D eigenvalue weighted by atomic mass is 10.2. The van der Waals surface area contributed by atoms with Crippen molar-refractivity contribution in [3.05, 3.63) is 59.8 Å². The molecule has 0 bridgehead atoms. The summed E-state index contributed by atoms with van der Waals surface area (Å²) in [6, 6.07) is 9.23. The third-order valence-corrected chi connectivity index (χ3v) is 2.61. The van der Waals surface area contributed by atoms with Crippen LogP contribution < -0.4 is 5.32 Å². The highest BCUT2D eigenvalue weighted by molar-refractivity contribution is 6.30. The molecular formula is C13H12ClN3O. The Labute approximate surface area is 110 Å². The number of anilines is 1. The first-order chi connectivity index (χ1) is 8.69. The predicted octanol–water partition coefficient (Wildman–Crippen LogP) is 2.71. The van der Waals surface area contributed by atoms with Gasteiger partial charge in [-0.2, -0.15) is 5.10 Å². The SMILES string of the molecule is C=CC(=O)Nc1ccnn1Cc1cccc(Cl)c1. The van der Waals surface area contributed by atoms with E-state index in [0.29, 0.717) is 17.4 Å². The highest BCUT2D eigenvalue weighted by Crippen LogP contribution is 2.14. The maximum Gasteiger partial charge on any atom is 0.248 e. The summed E-state index contributed by atoms with van der Waals surface area (Å²) in [4.78, 5) is 11.2. The van der Waals surface area contributed by atoms with Crippen LogP contribution in [-0.4, -0.2) is 15.7 Å². The first kappa shape index (κ1) is 12.4. The molecule has 0 saturated heterocycles. The van der Waals surface area contributed by atoms with Crippen LogP contribution in [-0.2, 0) is 11.3 Å². The van der Waals surface area contributed by atoms with E-state index in [1.165, 1.54) is 6.08 Å². The van der Waals surface area contributed by atoms with E-state index in [9.17, 15) is 4.79 Å². The normalized spacial score (nSPS) is 10.1. The van der Waals surface area contributed by atoms with Crippen LogP contribution in [0.5, 0.6) is 0 Å². The molecule has 2 aromatic rings. The second kappa shape index (κ2) is 5.51. The summed E-state index contributed by atoms with van der Waals surface area (Å²) in [5, 5.41) is 7.52. The van der Waals surface area contributed by atoms with Crippen molar-refractivity contribution < 1.29 is 4.79 Å². The highest BCUT2D eigenvalue weighted by atomic mass is 35.5. The number of hydrogen-bond donors (Lipinski definition) is 1. The minimum absolute atomic E-state index is 0.261. The van der Waals surface area contributed by atoms with Crippen molar-refractivity contribution in [3.63, 3.8) is 0 Å². The molecule has 1 N–H and O–H groups in total. The van der Waals surface area contributed by atoms with Gasteiger partial charge in [0.15, 0.2) is 0 Å². The Hall–Kier alpha value is -2.07. The highest BCUT2D eigenvalue weighted by Gasteiger charge is 2.05. The Morgan fingerprint density at radius 3 is 3.06 bits per heavy atom. The van der Waals surface area contributed by atoms with Crippen molar-refractivity contribution in [2.24, 2.45) is 0 Å². The van der Waals surface area contributed by atoms with Gasteiger partial charge < -0.3 is 5.32 Å². The van der Waals surface area contributed by atoms with Crippen molar-refractivity contribution in [2.45, 2.75) is 6.54 Å². The summed E-state index contributed by atoms with van der Waals surface area (Å²) in [6.07, 6.45) is 2.85. The first-order valence-electron chi connectivity index (χ1n) is 5.38. The molecule has 0 atom stereocenters. The van der Waals surface area contributed by atoms with E-state index < -0.39 is 0 Å². The Bertz CT molecular complexity index is 577. The molecule has 0 aliphatic heterocycles. The van der Waals surface area contributed by atoms with Crippen LogP contribution >= 0.6 is 11.6 Å². The lowest BCUT2D eigenvalue weighted by Crippen LogP contribution is -2.13. The monoisotopic (exact) mass is 261 g/mol. The number of nitrogens with one attached hydrogen (secondary N) is 1. The first-order valence-corrected chi connectivity index (χ1v) is 5.76. The van der Waals surface area contributed by atoms with Crippen LogP contribution in [0.1, 0.15) is 5.56 Å². The van der Waals surface area contributed by atoms with Gasteiger partial charge in [-0.05, 0) is 23.8 Å². The molecule has 5 heteroatoms. The van der Waals surface area contributed by atoms with Crippen molar-refractivity contribution in [3.8, 4) is 0 Å². The van der Waals surface area contributed by atoms with Crippen LogP contribution in [0.4, 0.5) is 5.82 Å². The molecule has 18 heavy (non-hydrogen) atoms. The number of hydrogen-bond acceptors (Lipinski definition) is 2. The van der Waals surface area contributed by atoms with Crippen LogP contribution in [0, 0.1) is 0 Å². The molecule has 4 nitrogen and oxygen atoms in total. The van der Waals surface area contributed by atoms with Crippen LogP contribution in [0.3, 0.4) is 0 Å². The van der Waals surface area contributed by atoms with E-state index in [0.717, 1.165) is 5.56 Å². The summed E-state index contributed by atoms with van der Waals surface area (Å²) < 4.78 is 1.69. The van der Waals surface area contributed by atoms with Gasteiger partial charge in [0, 0.05) is 11.1 Å². The zero-order chi connectivity index (χ0) is 13.0. The van der Waals surface area contributed by atoms with Crippen LogP contribution in [0.2, 0.25) is 5.02 Å². The van der Waals surface area contributed by atoms with E-state index in [4.69, 9.17) is 11.6 Å². The molecule has 0 radical (unpaired) electrons. The van der Waals surface area contributed by atoms with Gasteiger partial charge in [-0.1, -0.05) is 30.3 Å². The fourth-order valence-electron chi connectivity index (χ4n) is 1.55. The predicted molar refractivity (Wildman–Crippen MR) is 71.6 cm³/mol. The van der Waals surface area contributed by atoms with Crippen LogP contribution in [0.15, 0.2) is 49.2 Å². The van der Waals surface area contributed by atoms with Gasteiger partial charge in [-0.15, -0.1) is 0 Å².